The van der Waals surface area contributed by atoms with Crippen LogP contribution in [0.4, 0.5) is 0 Å². The van der Waals surface area contributed by atoms with Gasteiger partial charge in [-0.2, -0.15) is 0 Å². The van der Waals surface area contributed by atoms with Gasteiger partial charge in [-0.25, -0.2) is 5.09 Å². The molecule has 0 spiro atoms. The summed E-state index contributed by atoms with van der Waals surface area (Å²) in [6.07, 6.45) is 0. The van der Waals surface area contributed by atoms with Gasteiger partial charge in [0.15, 0.2) is 0 Å². The Kier molecular flexibility index (Phi) is 8.49. The van der Waals surface area contributed by atoms with Crippen molar-refractivity contribution in [1.82, 2.24) is 5.09 Å². The molecule has 0 radical (unpaired) electrons. The van der Waals surface area contributed by atoms with E-state index in [2.05, 4.69) is 5.09 Å². The minimum atomic E-state index is -2.56. The van der Waals surface area contributed by atoms with Crippen molar-refractivity contribution in [3.05, 3.63) is 28.2 Å². The molecule has 18 heavy (non-hydrogen) atoms. The van der Waals surface area contributed by atoms with Crippen LogP contribution < -0.4 is 9.61 Å². The van der Waals surface area contributed by atoms with Crippen LogP contribution in [0.5, 0.6) is 5.75 Å². The molecule has 0 heterocycles. The normalized spacial score (nSPS) is 13.9. The molecule has 0 aliphatic rings. The van der Waals surface area contributed by atoms with E-state index < -0.39 is 6.64 Å². The average molecular weight is 322 g/mol. The van der Waals surface area contributed by atoms with Crippen molar-refractivity contribution in [2.75, 3.05) is 7.11 Å². The van der Waals surface area contributed by atoms with E-state index in [-0.39, 0.29) is 24.9 Å². The summed E-state index contributed by atoms with van der Waals surface area (Å²) >= 11 is 17.1. The molecule has 1 N–H and O–H groups in total. The van der Waals surface area contributed by atoms with Gasteiger partial charge in [0.1, 0.15) is 5.75 Å². The fraction of sp³-hybridized carbons (Fsp3) is 0.400. The molecule has 98 valence electrons. The van der Waals surface area contributed by atoms with Crippen LogP contribution in [0.25, 0.3) is 0 Å². The van der Waals surface area contributed by atoms with E-state index in [1.807, 2.05) is 13.8 Å². The summed E-state index contributed by atoms with van der Waals surface area (Å²) in [6.45, 7) is 1.37. The monoisotopic (exact) mass is 321 g/mol. The third kappa shape index (κ3) is 5.82. The molecular formula is C10H15Cl2LiNO2PS. The summed E-state index contributed by atoms with van der Waals surface area (Å²) in [5.41, 5.74) is 0. The van der Waals surface area contributed by atoms with Crippen LogP contribution in [0.1, 0.15) is 13.8 Å². The first-order chi connectivity index (χ1) is 7.86. The average Bonchev–Trinajstić information content (AvgIpc) is 2.21. The quantitative estimate of drug-likeness (QED) is 0.663. The molecule has 1 unspecified atom stereocenters. The van der Waals surface area contributed by atoms with Crippen LogP contribution in [0.3, 0.4) is 0 Å². The third-order valence-corrected chi connectivity index (χ3v) is 5.04. The minimum absolute atomic E-state index is 0. The second kappa shape index (κ2) is 8.14. The van der Waals surface area contributed by atoms with Crippen molar-refractivity contribution >= 4 is 60.5 Å². The van der Waals surface area contributed by atoms with Gasteiger partial charge in [0.2, 0.25) is 0 Å². The standard InChI is InChI=1S/C10H14Cl2NO2PS.Li.H/c1-7(2)13-16(17,14-3)15-10-5-4-8(11)6-9(10)12;;/h4-7H,1-3H3,(H,13,17);;. The molecule has 1 aromatic carbocycles. The molecule has 0 bridgehead atoms. The van der Waals surface area contributed by atoms with Crippen molar-refractivity contribution in [3.8, 4) is 5.75 Å². The van der Waals surface area contributed by atoms with Gasteiger partial charge >= 0.3 is 25.5 Å². The van der Waals surface area contributed by atoms with Crippen molar-refractivity contribution in [1.29, 1.82) is 0 Å². The van der Waals surface area contributed by atoms with Gasteiger partial charge in [0.25, 0.3) is 0 Å². The number of halogens is 2. The van der Waals surface area contributed by atoms with E-state index in [0.717, 1.165) is 0 Å². The predicted molar refractivity (Wildman–Crippen MR) is 83.8 cm³/mol. The molecule has 0 saturated heterocycles. The summed E-state index contributed by atoms with van der Waals surface area (Å²) < 4.78 is 10.9. The first-order valence-corrected chi connectivity index (χ1v) is 8.34. The maximum atomic E-state index is 6.01. The van der Waals surface area contributed by atoms with E-state index in [4.69, 9.17) is 44.1 Å². The summed E-state index contributed by atoms with van der Waals surface area (Å²) in [5, 5.41) is 4.04. The van der Waals surface area contributed by atoms with Crippen LogP contribution in [-0.2, 0) is 16.3 Å². The van der Waals surface area contributed by atoms with E-state index in [9.17, 15) is 0 Å². The Morgan fingerprint density at radius 2 is 1.94 bits per heavy atom. The van der Waals surface area contributed by atoms with Gasteiger partial charge in [-0.1, -0.05) is 23.2 Å². The summed E-state index contributed by atoms with van der Waals surface area (Å²) in [6, 6.07) is 5.12. The molecule has 0 aromatic heterocycles. The molecule has 0 saturated carbocycles. The van der Waals surface area contributed by atoms with E-state index >= 15 is 0 Å². The van der Waals surface area contributed by atoms with Crippen LogP contribution in [-0.4, -0.2) is 32.0 Å². The molecule has 8 heteroatoms. The van der Waals surface area contributed by atoms with Gasteiger partial charge in [-0.3, -0.25) is 0 Å². The second-order valence-corrected chi connectivity index (χ2v) is 7.72. The molecule has 0 aliphatic heterocycles. The van der Waals surface area contributed by atoms with Gasteiger partial charge in [0.05, 0.1) is 5.02 Å². The Labute approximate surface area is 135 Å². The van der Waals surface area contributed by atoms with E-state index in [1.54, 1.807) is 18.2 Å². The van der Waals surface area contributed by atoms with Crippen LogP contribution in [0.15, 0.2) is 18.2 Å². The first kappa shape index (κ1) is 18.8. The Morgan fingerprint density at radius 1 is 1.33 bits per heavy atom. The molecule has 0 amide bonds. The number of benzene rings is 1. The molecule has 1 rings (SSSR count). The SMILES string of the molecule is COP(=S)(NC(C)C)Oc1ccc(Cl)cc1Cl.[LiH]. The maximum absolute atomic E-state index is 6.01. The summed E-state index contributed by atoms with van der Waals surface area (Å²) in [7, 11) is 1.51. The first-order valence-electron chi connectivity index (χ1n) is 4.94. The Hall–Kier alpha value is 0.767. The number of hydrogen-bond acceptors (Lipinski definition) is 3. The zero-order valence-electron chi connectivity index (χ0n) is 9.74. The number of rotatable bonds is 5. The van der Waals surface area contributed by atoms with Gasteiger partial charge < -0.3 is 9.05 Å². The van der Waals surface area contributed by atoms with Gasteiger partial charge in [0, 0.05) is 18.2 Å². The van der Waals surface area contributed by atoms with Gasteiger partial charge in [-0.05, 0) is 43.9 Å². The van der Waals surface area contributed by atoms with Crippen molar-refractivity contribution < 1.29 is 9.05 Å². The van der Waals surface area contributed by atoms with Crippen molar-refractivity contribution in [2.24, 2.45) is 0 Å². The van der Waals surface area contributed by atoms with Gasteiger partial charge in [-0.15, -0.1) is 0 Å². The molecule has 3 nitrogen and oxygen atoms in total. The van der Waals surface area contributed by atoms with E-state index in [0.29, 0.717) is 15.8 Å². The number of nitrogens with one attached hydrogen (secondary N) is 1. The Balaban J connectivity index is 0.00000289. The Bertz CT molecular complexity index is 448. The van der Waals surface area contributed by atoms with Crippen molar-refractivity contribution in [3.63, 3.8) is 0 Å². The number of hydrogen-bond donors (Lipinski definition) is 1. The molecular weight excluding hydrogens is 307 g/mol. The Morgan fingerprint density at radius 3 is 2.39 bits per heavy atom. The topological polar surface area (TPSA) is 30.5 Å². The van der Waals surface area contributed by atoms with Crippen LogP contribution in [0, 0.1) is 0 Å². The van der Waals surface area contributed by atoms with Crippen LogP contribution >= 0.6 is 29.8 Å². The molecule has 0 aliphatic carbocycles. The zero-order chi connectivity index (χ0) is 13.1. The second-order valence-electron chi connectivity index (χ2n) is 3.63. The van der Waals surface area contributed by atoms with E-state index in [1.165, 1.54) is 7.11 Å². The summed E-state index contributed by atoms with van der Waals surface area (Å²) in [5.74, 6) is 0.467. The van der Waals surface area contributed by atoms with Crippen molar-refractivity contribution in [2.45, 2.75) is 19.9 Å². The fourth-order valence-corrected chi connectivity index (χ4v) is 3.77. The molecule has 0 fully saturated rings. The van der Waals surface area contributed by atoms with Crippen LogP contribution in [0.2, 0.25) is 10.0 Å². The zero-order valence-corrected chi connectivity index (χ0v) is 13.0. The summed E-state index contributed by atoms with van der Waals surface area (Å²) in [4.78, 5) is 0. The fourth-order valence-electron chi connectivity index (χ4n) is 1.11. The predicted octanol–water partition coefficient (Wildman–Crippen LogP) is 3.59. The molecule has 1 aromatic rings. The molecule has 1 atom stereocenters. The third-order valence-electron chi connectivity index (χ3n) is 1.77.